The lowest BCUT2D eigenvalue weighted by Crippen LogP contribution is -2.17. The van der Waals surface area contributed by atoms with Gasteiger partial charge in [-0.15, -0.1) is 0 Å². The number of aryl methyl sites for hydroxylation is 1. The molecule has 1 fully saturated rings. The molecule has 1 atom stereocenters. The molecule has 1 aliphatic rings. The summed E-state index contributed by atoms with van der Waals surface area (Å²) in [5.74, 6) is 0. The average Bonchev–Trinajstić information content (AvgIpc) is 3.51. The van der Waals surface area contributed by atoms with E-state index in [0.717, 1.165) is 48.6 Å². The molecule has 0 radical (unpaired) electrons. The van der Waals surface area contributed by atoms with Gasteiger partial charge < -0.3 is 9.30 Å². The predicted octanol–water partition coefficient (Wildman–Crippen LogP) is 3.06. The highest BCUT2D eigenvalue weighted by Gasteiger charge is 2.18. The lowest BCUT2D eigenvalue weighted by atomic mass is 10.2. The Kier molecular flexibility index (Phi) is 4.99. The van der Waals surface area contributed by atoms with Crippen LogP contribution in [-0.4, -0.2) is 42.9 Å². The minimum Gasteiger partial charge on any atom is -0.376 e. The van der Waals surface area contributed by atoms with Crippen LogP contribution in [0.15, 0.2) is 58.8 Å². The quantitative estimate of drug-likeness (QED) is 0.469. The van der Waals surface area contributed by atoms with Crippen molar-refractivity contribution >= 4 is 17.2 Å². The molecule has 8 heteroatoms. The molecule has 0 bridgehead atoms. The average molecular weight is 416 g/mol. The second-order valence-electron chi connectivity index (χ2n) is 7.84. The zero-order valence-electron chi connectivity index (χ0n) is 17.6. The molecule has 5 rings (SSSR count). The Morgan fingerprint density at radius 2 is 2.10 bits per heavy atom. The lowest BCUT2D eigenvalue weighted by Gasteiger charge is -2.14. The Labute approximate surface area is 179 Å². The van der Waals surface area contributed by atoms with E-state index in [1.165, 1.54) is 17.2 Å². The topological polar surface area (TPSA) is 79.2 Å². The maximum atomic E-state index is 12.9. The first-order chi connectivity index (χ1) is 15.1. The number of aromatic nitrogens is 5. The Morgan fingerprint density at radius 3 is 2.87 bits per heavy atom. The van der Waals surface area contributed by atoms with Gasteiger partial charge in [0.25, 0.3) is 5.56 Å². The molecule has 1 saturated heterocycles. The fourth-order valence-corrected chi connectivity index (χ4v) is 4.10. The second kappa shape index (κ2) is 7.96. The number of fused-ring (bicyclic) bond motifs is 1. The molecule has 0 amide bonds. The van der Waals surface area contributed by atoms with Crippen LogP contribution in [0.1, 0.15) is 29.8 Å². The van der Waals surface area contributed by atoms with Crippen LogP contribution in [-0.2, 0) is 11.3 Å². The minimum atomic E-state index is -0.253. The maximum Gasteiger partial charge on any atom is 0.285 e. The van der Waals surface area contributed by atoms with Crippen LogP contribution in [0.5, 0.6) is 0 Å². The summed E-state index contributed by atoms with van der Waals surface area (Å²) >= 11 is 0. The highest BCUT2D eigenvalue weighted by atomic mass is 16.5. The monoisotopic (exact) mass is 416 g/mol. The summed E-state index contributed by atoms with van der Waals surface area (Å²) in [6, 6.07) is 11.7. The molecule has 4 heterocycles. The van der Waals surface area contributed by atoms with Crippen LogP contribution in [0.4, 0.5) is 0 Å². The van der Waals surface area contributed by atoms with E-state index in [1.54, 1.807) is 10.9 Å². The van der Waals surface area contributed by atoms with Crippen molar-refractivity contribution in [3.8, 4) is 5.69 Å². The third kappa shape index (κ3) is 3.59. The highest BCUT2D eigenvalue weighted by Crippen LogP contribution is 2.19. The second-order valence-corrected chi connectivity index (χ2v) is 7.84. The van der Waals surface area contributed by atoms with Gasteiger partial charge in [0.15, 0.2) is 5.65 Å². The summed E-state index contributed by atoms with van der Waals surface area (Å²) in [5.41, 5.74) is 4.34. The van der Waals surface area contributed by atoms with Crippen LogP contribution in [0.3, 0.4) is 0 Å². The standard InChI is InChI=1S/C23H24N6O2/c1-16-11-18(17(2)27(16)14-20-9-6-10-31-20)12-25-28-15-24-22-21(23(28)30)13-26-29(22)19-7-4-3-5-8-19/h3-5,7-8,11-13,15,20H,6,9-10,14H2,1-2H3/b25-12-/t20-/m0/s1. The van der Waals surface area contributed by atoms with Gasteiger partial charge >= 0.3 is 0 Å². The Hall–Kier alpha value is -3.52. The van der Waals surface area contributed by atoms with Gasteiger partial charge in [-0.25, -0.2) is 9.67 Å². The molecule has 0 N–H and O–H groups in total. The third-order valence-electron chi connectivity index (χ3n) is 5.82. The van der Waals surface area contributed by atoms with Crippen molar-refractivity contribution in [1.82, 2.24) is 24.0 Å². The Bertz CT molecular complexity index is 1310. The maximum absolute atomic E-state index is 12.9. The zero-order valence-corrected chi connectivity index (χ0v) is 17.6. The van der Waals surface area contributed by atoms with E-state index in [9.17, 15) is 4.79 Å². The smallest absolute Gasteiger partial charge is 0.285 e. The van der Waals surface area contributed by atoms with Crippen LogP contribution in [0.25, 0.3) is 16.7 Å². The van der Waals surface area contributed by atoms with Crippen molar-refractivity contribution in [1.29, 1.82) is 0 Å². The van der Waals surface area contributed by atoms with Crippen LogP contribution >= 0.6 is 0 Å². The fraction of sp³-hybridized carbons (Fsp3) is 0.304. The van der Waals surface area contributed by atoms with Gasteiger partial charge in [0.2, 0.25) is 0 Å². The molecule has 3 aromatic heterocycles. The number of rotatable bonds is 5. The van der Waals surface area contributed by atoms with Crippen molar-refractivity contribution < 1.29 is 4.74 Å². The molecule has 1 aliphatic heterocycles. The van der Waals surface area contributed by atoms with E-state index < -0.39 is 0 Å². The summed E-state index contributed by atoms with van der Waals surface area (Å²) in [4.78, 5) is 17.3. The molecule has 158 valence electrons. The van der Waals surface area contributed by atoms with E-state index in [1.807, 2.05) is 30.3 Å². The van der Waals surface area contributed by atoms with Gasteiger partial charge in [-0.05, 0) is 44.9 Å². The number of hydrogen-bond acceptors (Lipinski definition) is 5. The van der Waals surface area contributed by atoms with E-state index in [0.29, 0.717) is 11.0 Å². The molecule has 0 aliphatic carbocycles. The SMILES string of the molecule is Cc1cc(/C=N\n2cnc3c(cnn3-c3ccccc3)c2=O)c(C)n1C[C@@H]1CCCO1. The molecule has 0 unspecified atom stereocenters. The number of benzene rings is 1. The lowest BCUT2D eigenvalue weighted by molar-refractivity contribution is 0.0962. The van der Waals surface area contributed by atoms with Gasteiger partial charge in [0.05, 0.1) is 24.2 Å². The first-order valence-electron chi connectivity index (χ1n) is 10.5. The van der Waals surface area contributed by atoms with Crippen molar-refractivity contribution in [3.05, 3.63) is 76.2 Å². The van der Waals surface area contributed by atoms with E-state index in [4.69, 9.17) is 4.74 Å². The van der Waals surface area contributed by atoms with Crippen molar-refractivity contribution in [3.63, 3.8) is 0 Å². The van der Waals surface area contributed by atoms with Crippen LogP contribution < -0.4 is 5.56 Å². The van der Waals surface area contributed by atoms with Gasteiger partial charge in [-0.1, -0.05) is 18.2 Å². The number of hydrogen-bond donors (Lipinski definition) is 0. The third-order valence-corrected chi connectivity index (χ3v) is 5.82. The molecular weight excluding hydrogens is 392 g/mol. The van der Waals surface area contributed by atoms with Gasteiger partial charge in [-0.3, -0.25) is 4.79 Å². The number of para-hydroxylation sites is 1. The number of ether oxygens (including phenoxy) is 1. The number of nitrogens with zero attached hydrogens (tertiary/aromatic N) is 6. The van der Waals surface area contributed by atoms with Crippen molar-refractivity contribution in [2.45, 2.75) is 39.3 Å². The van der Waals surface area contributed by atoms with Gasteiger partial charge in [-0.2, -0.15) is 14.9 Å². The van der Waals surface area contributed by atoms with E-state index >= 15 is 0 Å². The summed E-state index contributed by atoms with van der Waals surface area (Å²) < 4.78 is 10.9. The minimum absolute atomic E-state index is 0.253. The fourth-order valence-electron chi connectivity index (χ4n) is 4.10. The van der Waals surface area contributed by atoms with Crippen LogP contribution in [0, 0.1) is 13.8 Å². The zero-order chi connectivity index (χ0) is 21.4. The summed E-state index contributed by atoms with van der Waals surface area (Å²) in [7, 11) is 0. The molecular formula is C23H24N6O2. The Balaban J connectivity index is 1.44. The molecule has 4 aromatic rings. The molecule has 0 spiro atoms. The van der Waals surface area contributed by atoms with E-state index in [2.05, 4.69) is 39.7 Å². The molecule has 0 saturated carbocycles. The van der Waals surface area contributed by atoms with Crippen LogP contribution in [0.2, 0.25) is 0 Å². The van der Waals surface area contributed by atoms with Gasteiger partial charge in [0, 0.05) is 30.1 Å². The summed E-state index contributed by atoms with van der Waals surface area (Å²) in [5, 5.41) is 9.15. The van der Waals surface area contributed by atoms with Crippen molar-refractivity contribution in [2.75, 3.05) is 6.61 Å². The highest BCUT2D eigenvalue weighted by molar-refractivity contribution is 5.82. The predicted molar refractivity (Wildman–Crippen MR) is 119 cm³/mol. The van der Waals surface area contributed by atoms with Gasteiger partial charge in [0.1, 0.15) is 11.7 Å². The Morgan fingerprint density at radius 1 is 1.26 bits per heavy atom. The van der Waals surface area contributed by atoms with Crippen molar-refractivity contribution in [2.24, 2.45) is 5.10 Å². The first-order valence-corrected chi connectivity index (χ1v) is 10.5. The summed E-state index contributed by atoms with van der Waals surface area (Å²) in [6.45, 7) is 5.84. The first kappa shape index (κ1) is 19.4. The molecule has 31 heavy (non-hydrogen) atoms. The normalized spacial score (nSPS) is 16.6. The van der Waals surface area contributed by atoms with E-state index in [-0.39, 0.29) is 11.7 Å². The summed E-state index contributed by atoms with van der Waals surface area (Å²) in [6.07, 6.45) is 7.18. The largest absolute Gasteiger partial charge is 0.376 e. The molecule has 1 aromatic carbocycles. The molecule has 8 nitrogen and oxygen atoms in total.